The summed E-state index contributed by atoms with van der Waals surface area (Å²) >= 11 is 0. The van der Waals surface area contributed by atoms with Crippen LogP contribution in [-0.2, 0) is 0 Å². The molecule has 4 nitrogen and oxygen atoms in total. The van der Waals surface area contributed by atoms with Gasteiger partial charge in [-0.1, -0.05) is 12.1 Å². The first kappa shape index (κ1) is 12.8. The standard InChI is InChI=1S/C15H17FN4/c16-12-6-4-5-11(9-12)13-10-14(17)19-15(18-13)20-7-2-1-3-8-20/h4-6,9-10H,1-3,7-8H2,(H2,17,18,19). The van der Waals surface area contributed by atoms with Gasteiger partial charge in [-0.25, -0.2) is 9.37 Å². The number of hydrogen-bond acceptors (Lipinski definition) is 4. The fourth-order valence-corrected chi connectivity index (χ4v) is 2.48. The van der Waals surface area contributed by atoms with E-state index >= 15 is 0 Å². The first-order valence-corrected chi connectivity index (χ1v) is 6.88. The molecular formula is C15H17FN4. The van der Waals surface area contributed by atoms with E-state index in [1.165, 1.54) is 18.6 Å². The fraction of sp³-hybridized carbons (Fsp3) is 0.333. The van der Waals surface area contributed by atoms with E-state index in [0.717, 1.165) is 31.5 Å². The zero-order valence-electron chi connectivity index (χ0n) is 11.2. The van der Waals surface area contributed by atoms with Crippen LogP contribution in [0.1, 0.15) is 19.3 Å². The molecular weight excluding hydrogens is 255 g/mol. The molecule has 1 aliphatic rings. The van der Waals surface area contributed by atoms with E-state index in [1.54, 1.807) is 12.1 Å². The summed E-state index contributed by atoms with van der Waals surface area (Å²) in [6.45, 7) is 1.90. The molecule has 2 heterocycles. The highest BCUT2D eigenvalue weighted by Gasteiger charge is 2.15. The highest BCUT2D eigenvalue weighted by molar-refractivity contribution is 5.63. The van der Waals surface area contributed by atoms with Crippen molar-refractivity contribution in [1.82, 2.24) is 9.97 Å². The molecule has 3 rings (SSSR count). The Morgan fingerprint density at radius 2 is 1.85 bits per heavy atom. The topological polar surface area (TPSA) is 55.0 Å². The maximum absolute atomic E-state index is 13.3. The van der Waals surface area contributed by atoms with Gasteiger partial charge in [0.2, 0.25) is 5.95 Å². The minimum Gasteiger partial charge on any atom is -0.384 e. The minimum absolute atomic E-state index is 0.279. The van der Waals surface area contributed by atoms with Crippen molar-refractivity contribution in [2.75, 3.05) is 23.7 Å². The largest absolute Gasteiger partial charge is 0.384 e. The van der Waals surface area contributed by atoms with Crippen LogP contribution in [0.3, 0.4) is 0 Å². The van der Waals surface area contributed by atoms with Crippen LogP contribution in [0, 0.1) is 5.82 Å². The van der Waals surface area contributed by atoms with Gasteiger partial charge in [0.1, 0.15) is 11.6 Å². The van der Waals surface area contributed by atoms with Gasteiger partial charge in [-0.15, -0.1) is 0 Å². The molecule has 2 N–H and O–H groups in total. The number of aromatic nitrogens is 2. The second-order valence-corrected chi connectivity index (χ2v) is 5.04. The van der Waals surface area contributed by atoms with Crippen molar-refractivity contribution < 1.29 is 4.39 Å². The van der Waals surface area contributed by atoms with Crippen molar-refractivity contribution in [2.45, 2.75) is 19.3 Å². The number of nitrogens with zero attached hydrogens (tertiary/aromatic N) is 3. The van der Waals surface area contributed by atoms with Crippen LogP contribution in [0.15, 0.2) is 30.3 Å². The summed E-state index contributed by atoms with van der Waals surface area (Å²) in [6, 6.07) is 8.05. The van der Waals surface area contributed by atoms with E-state index in [-0.39, 0.29) is 5.82 Å². The summed E-state index contributed by atoms with van der Waals surface area (Å²) in [5, 5.41) is 0. The Kier molecular flexibility index (Phi) is 3.50. The number of nitrogens with two attached hydrogens (primary N) is 1. The molecule has 1 fully saturated rings. The Morgan fingerprint density at radius 1 is 1.05 bits per heavy atom. The average Bonchev–Trinajstić information content (AvgIpc) is 2.47. The molecule has 0 aliphatic carbocycles. The lowest BCUT2D eigenvalue weighted by Gasteiger charge is -2.27. The number of hydrogen-bond donors (Lipinski definition) is 1. The van der Waals surface area contributed by atoms with E-state index < -0.39 is 0 Å². The van der Waals surface area contributed by atoms with Crippen LogP contribution in [0.2, 0.25) is 0 Å². The maximum atomic E-state index is 13.3. The lowest BCUT2D eigenvalue weighted by atomic mass is 10.1. The number of nitrogen functional groups attached to an aromatic ring is 1. The Morgan fingerprint density at radius 3 is 2.60 bits per heavy atom. The number of anilines is 2. The highest BCUT2D eigenvalue weighted by Crippen LogP contribution is 2.24. The van der Waals surface area contributed by atoms with Crippen LogP contribution in [0.4, 0.5) is 16.2 Å². The van der Waals surface area contributed by atoms with Crippen LogP contribution >= 0.6 is 0 Å². The Balaban J connectivity index is 1.97. The number of rotatable bonds is 2. The molecule has 20 heavy (non-hydrogen) atoms. The van der Waals surface area contributed by atoms with Crippen molar-refractivity contribution in [1.29, 1.82) is 0 Å². The van der Waals surface area contributed by atoms with Crippen molar-refractivity contribution >= 4 is 11.8 Å². The summed E-state index contributed by atoms with van der Waals surface area (Å²) in [7, 11) is 0. The summed E-state index contributed by atoms with van der Waals surface area (Å²) in [4.78, 5) is 11.0. The first-order valence-electron chi connectivity index (χ1n) is 6.88. The molecule has 0 amide bonds. The Labute approximate surface area is 117 Å². The summed E-state index contributed by atoms with van der Waals surface area (Å²) in [6.07, 6.45) is 3.54. The number of piperidine rings is 1. The van der Waals surface area contributed by atoms with E-state index in [4.69, 9.17) is 5.73 Å². The predicted octanol–water partition coefficient (Wildman–Crippen LogP) is 2.86. The van der Waals surface area contributed by atoms with Crippen LogP contribution in [-0.4, -0.2) is 23.1 Å². The molecule has 0 unspecified atom stereocenters. The first-order chi connectivity index (χ1) is 9.72. The maximum Gasteiger partial charge on any atom is 0.227 e. The third kappa shape index (κ3) is 2.71. The van der Waals surface area contributed by atoms with Crippen molar-refractivity contribution in [3.63, 3.8) is 0 Å². The monoisotopic (exact) mass is 272 g/mol. The van der Waals surface area contributed by atoms with Gasteiger partial charge in [0, 0.05) is 24.7 Å². The van der Waals surface area contributed by atoms with Gasteiger partial charge < -0.3 is 10.6 Å². The van der Waals surface area contributed by atoms with Crippen LogP contribution in [0.25, 0.3) is 11.3 Å². The minimum atomic E-state index is -0.279. The van der Waals surface area contributed by atoms with E-state index in [1.807, 2.05) is 6.07 Å². The normalized spacial score (nSPS) is 15.3. The highest BCUT2D eigenvalue weighted by atomic mass is 19.1. The Hall–Kier alpha value is -2.17. The smallest absolute Gasteiger partial charge is 0.227 e. The molecule has 1 aliphatic heterocycles. The summed E-state index contributed by atoms with van der Waals surface area (Å²) in [5.74, 6) is 0.781. The lowest BCUT2D eigenvalue weighted by Crippen LogP contribution is -2.31. The van der Waals surface area contributed by atoms with Gasteiger partial charge in [0.05, 0.1) is 5.69 Å². The molecule has 2 aromatic rings. The van der Waals surface area contributed by atoms with Crippen LogP contribution in [0.5, 0.6) is 0 Å². The van der Waals surface area contributed by atoms with Gasteiger partial charge in [0.15, 0.2) is 0 Å². The zero-order chi connectivity index (χ0) is 13.9. The number of halogens is 1. The van der Waals surface area contributed by atoms with E-state index in [2.05, 4.69) is 14.9 Å². The molecule has 104 valence electrons. The second-order valence-electron chi connectivity index (χ2n) is 5.04. The molecule has 0 radical (unpaired) electrons. The van der Waals surface area contributed by atoms with Crippen molar-refractivity contribution in [3.8, 4) is 11.3 Å². The second kappa shape index (κ2) is 5.45. The Bertz CT molecular complexity index is 609. The molecule has 1 aromatic heterocycles. The molecule has 5 heteroatoms. The molecule has 0 atom stereocenters. The number of benzene rings is 1. The molecule has 0 saturated carbocycles. The van der Waals surface area contributed by atoms with Gasteiger partial charge in [-0.3, -0.25) is 0 Å². The van der Waals surface area contributed by atoms with Crippen LogP contribution < -0.4 is 10.6 Å². The van der Waals surface area contributed by atoms with Gasteiger partial charge in [0.25, 0.3) is 0 Å². The van der Waals surface area contributed by atoms with Gasteiger partial charge in [-0.2, -0.15) is 4.98 Å². The van der Waals surface area contributed by atoms with Gasteiger partial charge in [-0.05, 0) is 31.4 Å². The fourth-order valence-electron chi connectivity index (χ4n) is 2.48. The zero-order valence-corrected chi connectivity index (χ0v) is 11.2. The quantitative estimate of drug-likeness (QED) is 0.913. The lowest BCUT2D eigenvalue weighted by molar-refractivity contribution is 0.568. The summed E-state index contributed by atoms with van der Waals surface area (Å²) < 4.78 is 13.3. The van der Waals surface area contributed by atoms with E-state index in [9.17, 15) is 4.39 Å². The third-order valence-electron chi connectivity index (χ3n) is 3.49. The molecule has 1 saturated heterocycles. The summed E-state index contributed by atoms with van der Waals surface area (Å²) in [5.41, 5.74) is 7.25. The molecule has 0 spiro atoms. The molecule has 1 aromatic carbocycles. The van der Waals surface area contributed by atoms with Gasteiger partial charge >= 0.3 is 0 Å². The predicted molar refractivity (Wildman–Crippen MR) is 77.9 cm³/mol. The van der Waals surface area contributed by atoms with Crippen molar-refractivity contribution in [3.05, 3.63) is 36.1 Å². The molecule has 0 bridgehead atoms. The third-order valence-corrected chi connectivity index (χ3v) is 3.49. The van der Waals surface area contributed by atoms with E-state index in [0.29, 0.717) is 17.5 Å². The average molecular weight is 272 g/mol. The van der Waals surface area contributed by atoms with Crippen molar-refractivity contribution in [2.24, 2.45) is 0 Å². The SMILES string of the molecule is Nc1cc(-c2cccc(F)c2)nc(N2CCCCC2)n1.